The molecule has 1 aliphatic heterocycles. The van der Waals surface area contributed by atoms with E-state index in [4.69, 9.17) is 0 Å². The second kappa shape index (κ2) is 5.34. The Morgan fingerprint density at radius 3 is 2.91 bits per heavy atom. The molecule has 0 saturated heterocycles. The first-order chi connectivity index (χ1) is 5.43. The fourth-order valence-electron chi connectivity index (χ4n) is 1.59. The van der Waals surface area contributed by atoms with Crippen molar-refractivity contribution in [3.8, 4) is 0 Å². The monoisotopic (exact) mass is 153 g/mol. The number of aliphatic imine (C=N–C) groups is 1. The van der Waals surface area contributed by atoms with Gasteiger partial charge in [-0.25, -0.2) is 0 Å². The summed E-state index contributed by atoms with van der Waals surface area (Å²) in [4.78, 5) is 4.24. The second-order valence-electron chi connectivity index (χ2n) is 3.45. The van der Waals surface area contributed by atoms with Crippen molar-refractivity contribution in [2.24, 2.45) is 10.9 Å². The van der Waals surface area contributed by atoms with Crippen LogP contribution in [0.4, 0.5) is 0 Å². The van der Waals surface area contributed by atoms with Crippen LogP contribution in [-0.2, 0) is 0 Å². The number of unbranched alkanes of at least 4 members (excludes halogenated alkanes) is 3. The third kappa shape index (κ3) is 3.54. The van der Waals surface area contributed by atoms with E-state index in [1.807, 2.05) is 0 Å². The fraction of sp³-hybridized carbons (Fsp3) is 0.900. The molecule has 1 nitrogen and oxygen atoms in total. The van der Waals surface area contributed by atoms with Gasteiger partial charge in [0.25, 0.3) is 0 Å². The molecule has 1 unspecified atom stereocenters. The highest BCUT2D eigenvalue weighted by atomic mass is 14.7. The summed E-state index contributed by atoms with van der Waals surface area (Å²) in [6.07, 6.45) is 10.4. The Labute approximate surface area is 69.9 Å². The average molecular weight is 153 g/mol. The van der Waals surface area contributed by atoms with Gasteiger partial charge in [0.2, 0.25) is 0 Å². The van der Waals surface area contributed by atoms with Crippen LogP contribution in [0.2, 0.25) is 0 Å². The van der Waals surface area contributed by atoms with Gasteiger partial charge in [0, 0.05) is 12.8 Å². The van der Waals surface area contributed by atoms with Crippen molar-refractivity contribution < 1.29 is 0 Å². The molecule has 0 spiro atoms. The lowest BCUT2D eigenvalue weighted by molar-refractivity contribution is 0.553. The van der Waals surface area contributed by atoms with Crippen molar-refractivity contribution in [1.29, 1.82) is 0 Å². The van der Waals surface area contributed by atoms with Gasteiger partial charge in [-0.05, 0) is 18.8 Å². The van der Waals surface area contributed by atoms with Gasteiger partial charge >= 0.3 is 0 Å². The molecule has 0 bridgehead atoms. The standard InChI is InChI=1S/C10H19N/c1-2-3-4-5-6-10-7-8-11-9-10/h9-10H,2-8H2,1H3. The molecule has 1 rings (SSSR count). The van der Waals surface area contributed by atoms with Gasteiger partial charge in [-0.3, -0.25) is 4.99 Å². The minimum Gasteiger partial charge on any atom is -0.297 e. The van der Waals surface area contributed by atoms with Crippen molar-refractivity contribution in [2.45, 2.75) is 45.4 Å². The van der Waals surface area contributed by atoms with Crippen LogP contribution >= 0.6 is 0 Å². The van der Waals surface area contributed by atoms with Gasteiger partial charge in [-0.1, -0.05) is 32.6 Å². The van der Waals surface area contributed by atoms with Crippen LogP contribution in [0.25, 0.3) is 0 Å². The van der Waals surface area contributed by atoms with Crippen molar-refractivity contribution >= 4 is 6.21 Å². The van der Waals surface area contributed by atoms with Crippen LogP contribution in [0.5, 0.6) is 0 Å². The fourth-order valence-corrected chi connectivity index (χ4v) is 1.59. The summed E-state index contributed by atoms with van der Waals surface area (Å²) in [6.45, 7) is 3.34. The van der Waals surface area contributed by atoms with Gasteiger partial charge in [-0.2, -0.15) is 0 Å². The highest BCUT2D eigenvalue weighted by molar-refractivity contribution is 5.62. The third-order valence-corrected chi connectivity index (χ3v) is 2.37. The Morgan fingerprint density at radius 2 is 2.27 bits per heavy atom. The molecule has 1 heteroatoms. The summed E-state index contributed by atoms with van der Waals surface area (Å²) in [5, 5.41) is 0. The second-order valence-corrected chi connectivity index (χ2v) is 3.45. The van der Waals surface area contributed by atoms with E-state index in [0.717, 1.165) is 12.5 Å². The lowest BCUT2D eigenvalue weighted by Crippen LogP contribution is -1.96. The molecule has 0 aliphatic carbocycles. The van der Waals surface area contributed by atoms with Gasteiger partial charge in [0.05, 0.1) is 0 Å². The van der Waals surface area contributed by atoms with E-state index < -0.39 is 0 Å². The molecule has 1 aliphatic rings. The van der Waals surface area contributed by atoms with Gasteiger partial charge in [0.15, 0.2) is 0 Å². The van der Waals surface area contributed by atoms with E-state index in [1.54, 1.807) is 0 Å². The SMILES string of the molecule is CCCCCCC1C=NCC1. The molecule has 0 aromatic rings. The van der Waals surface area contributed by atoms with Crippen LogP contribution < -0.4 is 0 Å². The third-order valence-electron chi connectivity index (χ3n) is 2.37. The van der Waals surface area contributed by atoms with Gasteiger partial charge in [-0.15, -0.1) is 0 Å². The molecule has 0 amide bonds. The lowest BCUT2D eigenvalue weighted by Gasteiger charge is -2.04. The maximum Gasteiger partial charge on any atom is 0.0391 e. The largest absolute Gasteiger partial charge is 0.297 e. The molecule has 0 N–H and O–H groups in total. The molecule has 64 valence electrons. The molecular weight excluding hydrogens is 134 g/mol. The summed E-state index contributed by atoms with van der Waals surface area (Å²) < 4.78 is 0. The topological polar surface area (TPSA) is 12.4 Å². The molecule has 1 heterocycles. The molecular formula is C10H19N. The zero-order chi connectivity index (χ0) is 7.94. The molecule has 0 radical (unpaired) electrons. The normalized spacial score (nSPS) is 22.8. The Hall–Kier alpha value is -0.330. The molecule has 0 fully saturated rings. The molecule has 11 heavy (non-hydrogen) atoms. The predicted octanol–water partition coefficient (Wildman–Crippen LogP) is 3.05. The highest BCUT2D eigenvalue weighted by Crippen LogP contribution is 2.16. The summed E-state index contributed by atoms with van der Waals surface area (Å²) >= 11 is 0. The van der Waals surface area contributed by atoms with Crippen LogP contribution in [0.3, 0.4) is 0 Å². The van der Waals surface area contributed by atoms with E-state index in [0.29, 0.717) is 0 Å². The predicted molar refractivity (Wildman–Crippen MR) is 50.2 cm³/mol. The average Bonchev–Trinajstić information content (AvgIpc) is 2.50. The van der Waals surface area contributed by atoms with Crippen molar-refractivity contribution in [3.63, 3.8) is 0 Å². The van der Waals surface area contributed by atoms with Crippen molar-refractivity contribution in [3.05, 3.63) is 0 Å². The molecule has 0 saturated carbocycles. The molecule has 0 aromatic heterocycles. The number of rotatable bonds is 5. The number of hydrogen-bond acceptors (Lipinski definition) is 1. The van der Waals surface area contributed by atoms with Crippen molar-refractivity contribution in [2.75, 3.05) is 6.54 Å². The summed E-state index contributed by atoms with van der Waals surface area (Å²) in [5.74, 6) is 0.826. The first-order valence-corrected chi connectivity index (χ1v) is 4.93. The van der Waals surface area contributed by atoms with E-state index >= 15 is 0 Å². The Bertz CT molecular complexity index is 118. The van der Waals surface area contributed by atoms with Crippen LogP contribution in [0.15, 0.2) is 4.99 Å². The zero-order valence-corrected chi connectivity index (χ0v) is 7.55. The quantitative estimate of drug-likeness (QED) is 0.538. The number of nitrogens with zero attached hydrogens (tertiary/aromatic N) is 1. The Morgan fingerprint density at radius 1 is 1.36 bits per heavy atom. The van der Waals surface area contributed by atoms with E-state index in [9.17, 15) is 0 Å². The molecule has 1 atom stereocenters. The Balaban J connectivity index is 1.90. The Kier molecular flexibility index (Phi) is 4.25. The summed E-state index contributed by atoms with van der Waals surface area (Å²) in [6, 6.07) is 0. The van der Waals surface area contributed by atoms with Crippen LogP contribution in [0.1, 0.15) is 45.4 Å². The number of hydrogen-bond donors (Lipinski definition) is 0. The van der Waals surface area contributed by atoms with Gasteiger partial charge in [0.1, 0.15) is 0 Å². The van der Waals surface area contributed by atoms with Crippen LogP contribution in [-0.4, -0.2) is 12.8 Å². The first kappa shape index (κ1) is 8.76. The van der Waals surface area contributed by atoms with E-state index in [-0.39, 0.29) is 0 Å². The summed E-state index contributed by atoms with van der Waals surface area (Å²) in [5.41, 5.74) is 0. The maximum atomic E-state index is 4.24. The van der Waals surface area contributed by atoms with Gasteiger partial charge < -0.3 is 0 Å². The van der Waals surface area contributed by atoms with Crippen LogP contribution in [0, 0.1) is 5.92 Å². The van der Waals surface area contributed by atoms with Crippen molar-refractivity contribution in [1.82, 2.24) is 0 Å². The summed E-state index contributed by atoms with van der Waals surface area (Å²) in [7, 11) is 0. The van der Waals surface area contributed by atoms with E-state index in [2.05, 4.69) is 18.1 Å². The molecule has 0 aromatic carbocycles. The lowest BCUT2D eigenvalue weighted by atomic mass is 10.0. The smallest absolute Gasteiger partial charge is 0.0391 e. The minimum atomic E-state index is 0.826. The zero-order valence-electron chi connectivity index (χ0n) is 7.55. The first-order valence-electron chi connectivity index (χ1n) is 4.93. The van der Waals surface area contributed by atoms with E-state index in [1.165, 1.54) is 38.5 Å². The minimum absolute atomic E-state index is 0.826. The highest BCUT2D eigenvalue weighted by Gasteiger charge is 2.08. The maximum absolute atomic E-state index is 4.24.